The molecule has 4 fully saturated rings. The van der Waals surface area contributed by atoms with Crippen LogP contribution in [0.1, 0.15) is 91.7 Å². The fraction of sp³-hybridized carbons (Fsp3) is 0.562. The highest BCUT2D eigenvalue weighted by Crippen LogP contribution is 2.47. The number of ether oxygens (including phenoxy) is 1. The Balaban J connectivity index is 1.12. The van der Waals surface area contributed by atoms with E-state index in [1.54, 1.807) is 12.1 Å². The number of nitrogens with zero attached hydrogens (tertiary/aromatic N) is 2. The summed E-state index contributed by atoms with van der Waals surface area (Å²) in [5.74, 6) is -0.848. The highest BCUT2D eigenvalue weighted by Gasteiger charge is 2.49. The molecule has 2 aliphatic carbocycles. The van der Waals surface area contributed by atoms with E-state index in [0.29, 0.717) is 34.7 Å². The fourth-order valence-corrected chi connectivity index (χ4v) is 7.80. The molecule has 2 heterocycles. The lowest BCUT2D eigenvalue weighted by atomic mass is 9.95. The van der Waals surface area contributed by atoms with E-state index >= 15 is 4.39 Å². The standard InChI is InChI=1S/C32H37Cl2FN2O4/c1-18(22-11-23(33)14-24(34)12-22)36-9-7-19(8-10-36)17-41-30-16-27(35)26(15-25(30)20-5-6-20)31(38)37-28-4-2-3-21(28)13-29(37)32(39)40/h11-12,14-16,18-21,28-29H,2-10,13,17H2,1H3,(H,39,40)/t18-,21+,28+,29+/m0/s1. The maximum Gasteiger partial charge on any atom is 0.326 e. The number of carbonyl (C=O) groups is 2. The van der Waals surface area contributed by atoms with Crippen LogP contribution >= 0.6 is 23.2 Å². The molecule has 2 aromatic rings. The lowest BCUT2D eigenvalue weighted by Gasteiger charge is -2.36. The maximum atomic E-state index is 15.5. The second-order valence-electron chi connectivity index (χ2n) is 12.4. The van der Waals surface area contributed by atoms with Crippen LogP contribution in [0.3, 0.4) is 0 Å². The molecule has 4 atom stereocenters. The van der Waals surface area contributed by atoms with E-state index in [4.69, 9.17) is 27.9 Å². The van der Waals surface area contributed by atoms with Crippen molar-refractivity contribution in [2.75, 3.05) is 19.7 Å². The first-order valence-corrected chi connectivity index (χ1v) is 15.7. The minimum atomic E-state index is -1.01. The minimum Gasteiger partial charge on any atom is -0.493 e. The van der Waals surface area contributed by atoms with E-state index in [1.807, 2.05) is 12.1 Å². The molecule has 9 heteroatoms. The van der Waals surface area contributed by atoms with E-state index in [2.05, 4.69) is 11.8 Å². The zero-order chi connectivity index (χ0) is 28.8. The summed E-state index contributed by atoms with van der Waals surface area (Å²) < 4.78 is 21.8. The van der Waals surface area contributed by atoms with Crippen LogP contribution in [0.25, 0.3) is 0 Å². The summed E-state index contributed by atoms with van der Waals surface area (Å²) in [7, 11) is 0. The average molecular weight is 604 g/mol. The highest BCUT2D eigenvalue weighted by molar-refractivity contribution is 6.34. The van der Waals surface area contributed by atoms with E-state index < -0.39 is 23.7 Å². The second kappa shape index (κ2) is 11.7. The lowest BCUT2D eigenvalue weighted by Crippen LogP contribution is -2.45. The molecule has 220 valence electrons. The van der Waals surface area contributed by atoms with Crippen molar-refractivity contribution in [3.05, 3.63) is 62.9 Å². The molecule has 1 amide bonds. The van der Waals surface area contributed by atoms with Crippen molar-refractivity contribution in [1.82, 2.24) is 9.80 Å². The summed E-state index contributed by atoms with van der Waals surface area (Å²) >= 11 is 12.4. The number of carboxylic acid groups (broad SMARTS) is 1. The van der Waals surface area contributed by atoms with Gasteiger partial charge in [-0.05, 0) is 118 Å². The predicted octanol–water partition coefficient (Wildman–Crippen LogP) is 7.33. The number of benzene rings is 2. The summed E-state index contributed by atoms with van der Waals surface area (Å²) in [6.45, 7) is 4.49. The third-order valence-electron chi connectivity index (χ3n) is 9.74. The van der Waals surface area contributed by atoms with Gasteiger partial charge < -0.3 is 14.7 Å². The molecule has 6 rings (SSSR count). The first kappa shape index (κ1) is 28.8. The Hall–Kier alpha value is -2.35. The molecule has 0 aromatic heterocycles. The van der Waals surface area contributed by atoms with Gasteiger partial charge in [-0.2, -0.15) is 0 Å². The van der Waals surface area contributed by atoms with Crippen molar-refractivity contribution in [3.8, 4) is 5.75 Å². The molecule has 2 saturated heterocycles. The van der Waals surface area contributed by atoms with E-state index in [-0.39, 0.29) is 29.5 Å². The largest absolute Gasteiger partial charge is 0.493 e. The normalized spacial score (nSPS) is 25.8. The Labute approximate surface area is 250 Å². The number of likely N-dealkylation sites (tertiary alicyclic amines) is 2. The van der Waals surface area contributed by atoms with Crippen molar-refractivity contribution in [1.29, 1.82) is 0 Å². The third-order valence-corrected chi connectivity index (χ3v) is 10.2. The van der Waals surface area contributed by atoms with Crippen LogP contribution in [-0.2, 0) is 4.79 Å². The van der Waals surface area contributed by atoms with Crippen molar-refractivity contribution in [2.24, 2.45) is 11.8 Å². The van der Waals surface area contributed by atoms with Gasteiger partial charge in [-0.1, -0.05) is 29.6 Å². The Morgan fingerprint density at radius 2 is 1.73 bits per heavy atom. The van der Waals surface area contributed by atoms with Crippen molar-refractivity contribution in [2.45, 2.75) is 82.3 Å². The zero-order valence-electron chi connectivity index (χ0n) is 23.3. The number of carboxylic acids is 1. The second-order valence-corrected chi connectivity index (χ2v) is 13.2. The summed E-state index contributed by atoms with van der Waals surface area (Å²) in [5.41, 5.74) is 1.94. The molecular weight excluding hydrogens is 566 g/mol. The average Bonchev–Trinajstić information content (AvgIpc) is 3.57. The van der Waals surface area contributed by atoms with Crippen LogP contribution in [0.15, 0.2) is 30.3 Å². The van der Waals surface area contributed by atoms with Gasteiger partial charge in [-0.3, -0.25) is 9.69 Å². The van der Waals surface area contributed by atoms with Crippen LogP contribution in [0, 0.1) is 17.7 Å². The monoisotopic (exact) mass is 602 g/mol. The number of piperidine rings is 1. The van der Waals surface area contributed by atoms with Crippen LogP contribution in [-0.4, -0.2) is 58.6 Å². The number of halogens is 3. The van der Waals surface area contributed by atoms with Crippen molar-refractivity contribution in [3.63, 3.8) is 0 Å². The molecule has 0 bridgehead atoms. The number of aliphatic carboxylic acids is 1. The maximum absolute atomic E-state index is 15.5. The number of fused-ring (bicyclic) bond motifs is 1. The van der Waals surface area contributed by atoms with E-state index in [9.17, 15) is 14.7 Å². The molecule has 2 aromatic carbocycles. The van der Waals surface area contributed by atoms with Gasteiger partial charge in [0.25, 0.3) is 5.91 Å². The molecule has 4 aliphatic rings. The van der Waals surface area contributed by atoms with Gasteiger partial charge in [0, 0.05) is 28.2 Å². The number of rotatable bonds is 8. The zero-order valence-corrected chi connectivity index (χ0v) is 24.8. The SMILES string of the molecule is C[C@@H](c1cc(Cl)cc(Cl)c1)N1CCC(COc2cc(F)c(C(=O)N3[C@@H](C(=O)O)C[C@H]4CCC[C@H]43)cc2C2CC2)CC1. The highest BCUT2D eigenvalue weighted by atomic mass is 35.5. The van der Waals surface area contributed by atoms with Gasteiger partial charge >= 0.3 is 5.97 Å². The van der Waals surface area contributed by atoms with Gasteiger partial charge in [0.15, 0.2) is 0 Å². The van der Waals surface area contributed by atoms with Gasteiger partial charge in [0.1, 0.15) is 17.6 Å². The Morgan fingerprint density at radius 1 is 1.02 bits per heavy atom. The molecule has 6 nitrogen and oxygen atoms in total. The summed E-state index contributed by atoms with van der Waals surface area (Å²) in [5, 5.41) is 11.1. The Morgan fingerprint density at radius 3 is 2.39 bits per heavy atom. The van der Waals surface area contributed by atoms with Gasteiger partial charge in [0.05, 0.1) is 12.2 Å². The summed E-state index contributed by atoms with van der Waals surface area (Å²) in [6, 6.07) is 7.87. The first-order chi connectivity index (χ1) is 19.7. The van der Waals surface area contributed by atoms with Crippen LogP contribution < -0.4 is 4.74 Å². The predicted molar refractivity (Wildman–Crippen MR) is 156 cm³/mol. The molecule has 1 N–H and O–H groups in total. The Bertz CT molecular complexity index is 1310. The quantitative estimate of drug-likeness (QED) is 0.342. The molecule has 41 heavy (non-hydrogen) atoms. The summed E-state index contributed by atoms with van der Waals surface area (Å²) in [4.78, 5) is 29.5. The smallest absolute Gasteiger partial charge is 0.326 e. The van der Waals surface area contributed by atoms with Gasteiger partial charge in [-0.15, -0.1) is 0 Å². The van der Waals surface area contributed by atoms with Crippen LogP contribution in [0.2, 0.25) is 10.0 Å². The van der Waals surface area contributed by atoms with E-state index in [0.717, 1.165) is 69.2 Å². The topological polar surface area (TPSA) is 70.1 Å². The van der Waals surface area contributed by atoms with Crippen molar-refractivity contribution >= 4 is 35.1 Å². The first-order valence-electron chi connectivity index (χ1n) is 14.9. The van der Waals surface area contributed by atoms with Crippen LogP contribution in [0.4, 0.5) is 4.39 Å². The number of hydrogen-bond acceptors (Lipinski definition) is 4. The fourth-order valence-electron chi connectivity index (χ4n) is 7.26. The Kier molecular flexibility index (Phi) is 8.23. The molecule has 0 radical (unpaired) electrons. The number of carbonyl (C=O) groups excluding carboxylic acids is 1. The molecule has 0 spiro atoms. The summed E-state index contributed by atoms with van der Waals surface area (Å²) in [6.07, 6.45) is 7.01. The number of amides is 1. The molecule has 2 saturated carbocycles. The minimum absolute atomic E-state index is 0.0264. The van der Waals surface area contributed by atoms with Gasteiger partial charge in [-0.25, -0.2) is 9.18 Å². The third kappa shape index (κ3) is 5.95. The molecule has 2 aliphatic heterocycles. The molecular formula is C32H37Cl2FN2O4. The molecule has 0 unspecified atom stereocenters. The van der Waals surface area contributed by atoms with Crippen LogP contribution in [0.5, 0.6) is 5.75 Å². The number of hydrogen-bond donors (Lipinski definition) is 1. The lowest BCUT2D eigenvalue weighted by molar-refractivity contribution is -0.141. The van der Waals surface area contributed by atoms with E-state index in [1.165, 1.54) is 11.0 Å². The van der Waals surface area contributed by atoms with Gasteiger partial charge in [0.2, 0.25) is 0 Å². The van der Waals surface area contributed by atoms with Crippen molar-refractivity contribution < 1.29 is 23.8 Å².